The van der Waals surface area contributed by atoms with E-state index in [1.807, 2.05) is 61.5 Å². The van der Waals surface area contributed by atoms with Crippen molar-refractivity contribution in [2.75, 3.05) is 0 Å². The van der Waals surface area contributed by atoms with Crippen molar-refractivity contribution < 1.29 is 17.8 Å². The summed E-state index contributed by atoms with van der Waals surface area (Å²) in [5.74, 6) is 0.178. The summed E-state index contributed by atoms with van der Waals surface area (Å²) in [6.07, 6.45) is 0. The monoisotopic (exact) mass is 393 g/mol. The third kappa shape index (κ3) is 3.42. The van der Waals surface area contributed by atoms with Crippen LogP contribution in [0, 0.1) is 6.92 Å². The fraction of sp³-hybridized carbons (Fsp3) is 0.0500. The molecule has 0 aliphatic rings. The van der Waals surface area contributed by atoms with Crippen molar-refractivity contribution >= 4 is 10.1 Å². The summed E-state index contributed by atoms with van der Waals surface area (Å²) in [6, 6.07) is 23.2. The molecule has 0 bridgehead atoms. The minimum absolute atomic E-state index is 0.178. The molecule has 28 heavy (non-hydrogen) atoms. The second-order valence-electron chi connectivity index (χ2n) is 6.24. The number of aromatic nitrogens is 4. The van der Waals surface area contributed by atoms with Crippen molar-refractivity contribution in [3.05, 3.63) is 84.4 Å². The van der Waals surface area contributed by atoms with Gasteiger partial charge in [-0.2, -0.15) is 8.42 Å². The highest BCUT2D eigenvalue weighted by molar-refractivity contribution is 7.86. The lowest BCUT2D eigenvalue weighted by molar-refractivity contribution is -0.734. The third-order valence-corrected chi connectivity index (χ3v) is 5.13. The molecule has 140 valence electrons. The van der Waals surface area contributed by atoms with E-state index in [1.54, 1.807) is 21.7 Å². The van der Waals surface area contributed by atoms with Gasteiger partial charge in [0, 0.05) is 4.80 Å². The van der Waals surface area contributed by atoms with E-state index < -0.39 is 10.1 Å². The number of hydrogen-bond acceptors (Lipinski definition) is 4. The Morgan fingerprint density at radius 3 is 2.21 bits per heavy atom. The molecule has 4 rings (SSSR count). The molecule has 1 aromatic heterocycles. The Morgan fingerprint density at radius 2 is 1.54 bits per heavy atom. The maximum Gasteiger partial charge on any atom is 0.341 e. The molecule has 8 heteroatoms. The van der Waals surface area contributed by atoms with Crippen LogP contribution in [0.4, 0.5) is 0 Å². The average molecular weight is 393 g/mol. The first kappa shape index (κ1) is 18.0. The van der Waals surface area contributed by atoms with Crippen LogP contribution in [0.15, 0.2) is 83.8 Å². The lowest BCUT2D eigenvalue weighted by atomic mass is 10.2. The summed E-state index contributed by atoms with van der Waals surface area (Å²) in [5.41, 5.74) is 2.84. The number of nitrogens with zero attached hydrogens (tertiary/aromatic N) is 4. The van der Waals surface area contributed by atoms with Crippen LogP contribution >= 0.6 is 0 Å². The van der Waals surface area contributed by atoms with Crippen molar-refractivity contribution in [1.82, 2.24) is 15.0 Å². The Bertz CT molecular complexity index is 1230. The molecule has 0 amide bonds. The highest BCUT2D eigenvalue weighted by Crippen LogP contribution is 2.24. The number of tetrazole rings is 1. The van der Waals surface area contributed by atoms with Gasteiger partial charge in [-0.1, -0.05) is 48.0 Å². The maximum absolute atomic E-state index is 11.8. The predicted molar refractivity (Wildman–Crippen MR) is 103 cm³/mol. The van der Waals surface area contributed by atoms with Crippen molar-refractivity contribution in [3.63, 3.8) is 0 Å². The smallest absolute Gasteiger partial charge is 0.282 e. The summed E-state index contributed by atoms with van der Waals surface area (Å²) >= 11 is 0. The maximum atomic E-state index is 11.8. The highest BCUT2D eigenvalue weighted by Gasteiger charge is 2.27. The van der Waals surface area contributed by atoms with Crippen molar-refractivity contribution in [3.8, 4) is 22.8 Å². The third-order valence-electron chi connectivity index (χ3n) is 4.22. The quantitative estimate of drug-likeness (QED) is 0.425. The summed E-state index contributed by atoms with van der Waals surface area (Å²) in [5, 5.41) is 9.04. The van der Waals surface area contributed by atoms with E-state index in [0.29, 0.717) is 0 Å². The van der Waals surface area contributed by atoms with Crippen LogP contribution in [0.3, 0.4) is 0 Å². The summed E-state index contributed by atoms with van der Waals surface area (Å²) in [4.78, 5) is 2.93. The zero-order chi connectivity index (χ0) is 19.7. The zero-order valence-electron chi connectivity index (χ0n) is 15.0. The summed E-state index contributed by atoms with van der Waals surface area (Å²) in [7, 11) is -4.42. The fourth-order valence-electron chi connectivity index (χ4n) is 2.84. The van der Waals surface area contributed by atoms with Gasteiger partial charge in [-0.15, -0.1) is 0 Å². The van der Waals surface area contributed by atoms with Gasteiger partial charge in [0.25, 0.3) is 10.1 Å². The minimum atomic E-state index is -4.42. The average Bonchev–Trinajstić information content (AvgIpc) is 3.14. The molecule has 0 radical (unpaired) electrons. The normalized spacial score (nSPS) is 11.5. The molecular weight excluding hydrogens is 376 g/mol. The molecule has 7 nitrogen and oxygen atoms in total. The highest BCUT2D eigenvalue weighted by atomic mass is 32.2. The Morgan fingerprint density at radius 1 is 0.893 bits per heavy atom. The van der Waals surface area contributed by atoms with E-state index in [4.69, 9.17) is 0 Å². The van der Waals surface area contributed by atoms with Gasteiger partial charge in [0.2, 0.25) is 0 Å². The van der Waals surface area contributed by atoms with Crippen LogP contribution in [-0.2, 0) is 10.1 Å². The lowest BCUT2D eigenvalue weighted by Crippen LogP contribution is -2.43. The molecule has 0 aliphatic heterocycles. The Balaban J connectivity index is 1.96. The molecule has 0 saturated heterocycles. The summed E-state index contributed by atoms with van der Waals surface area (Å²) < 4.78 is 33.1. The van der Waals surface area contributed by atoms with Crippen molar-refractivity contribution in [2.45, 2.75) is 11.8 Å². The van der Waals surface area contributed by atoms with E-state index in [2.05, 4.69) is 10.2 Å². The van der Waals surface area contributed by atoms with Crippen LogP contribution in [0.25, 0.3) is 22.8 Å². The first-order valence-electron chi connectivity index (χ1n) is 8.52. The SMILES string of the molecule is Cc1ccc(-[n+]2nc(-c3ccccc3S(=O)(=O)O)nn2-c2ccccc2)cc1. The van der Waals surface area contributed by atoms with Crippen LogP contribution in [-0.4, -0.2) is 28.0 Å². The zero-order valence-corrected chi connectivity index (χ0v) is 15.8. The van der Waals surface area contributed by atoms with E-state index in [1.165, 1.54) is 12.1 Å². The lowest BCUT2D eigenvalue weighted by Gasteiger charge is -1.99. The van der Waals surface area contributed by atoms with Gasteiger partial charge in [0.05, 0.1) is 10.7 Å². The number of hydrogen-bond donors (Lipinski definition) is 1. The molecule has 3 aromatic carbocycles. The summed E-state index contributed by atoms with van der Waals surface area (Å²) in [6.45, 7) is 1.99. The van der Waals surface area contributed by atoms with Gasteiger partial charge < -0.3 is 0 Å². The molecule has 0 unspecified atom stereocenters. The van der Waals surface area contributed by atoms with Gasteiger partial charge in [-0.3, -0.25) is 4.55 Å². The molecule has 1 N–H and O–H groups in total. The van der Waals surface area contributed by atoms with E-state index in [9.17, 15) is 13.0 Å². The van der Waals surface area contributed by atoms with Crippen LogP contribution in [0.2, 0.25) is 0 Å². The number of benzene rings is 3. The molecule has 0 saturated carbocycles. The first-order valence-corrected chi connectivity index (χ1v) is 9.96. The van der Waals surface area contributed by atoms with Gasteiger partial charge in [-0.25, -0.2) is 0 Å². The minimum Gasteiger partial charge on any atom is -0.282 e. The van der Waals surface area contributed by atoms with E-state index in [0.717, 1.165) is 16.9 Å². The van der Waals surface area contributed by atoms with Gasteiger partial charge in [0.1, 0.15) is 10.6 Å². The van der Waals surface area contributed by atoms with Crippen LogP contribution in [0.5, 0.6) is 0 Å². The van der Waals surface area contributed by atoms with E-state index in [-0.39, 0.29) is 16.3 Å². The van der Waals surface area contributed by atoms with Gasteiger partial charge in [0.15, 0.2) is 5.69 Å². The molecule has 0 spiro atoms. The van der Waals surface area contributed by atoms with E-state index >= 15 is 0 Å². The standard InChI is InChI=1S/C20H16N4O3S/c1-15-11-13-17(14-12-15)24-22-20(21-23(24)16-7-3-2-4-8-16)18-9-5-6-10-19(18)28(25,26)27/h2-14H,1H3/p+1. The van der Waals surface area contributed by atoms with Crippen LogP contribution < -0.4 is 4.80 Å². The number of para-hydroxylation sites is 1. The molecule has 0 aliphatic carbocycles. The Hall–Kier alpha value is -3.36. The first-order chi connectivity index (χ1) is 13.4. The Labute approximate surface area is 162 Å². The molecule has 0 fully saturated rings. The predicted octanol–water partition coefficient (Wildman–Crippen LogP) is 2.77. The van der Waals surface area contributed by atoms with Gasteiger partial charge in [-0.05, 0) is 53.2 Å². The topological polar surface area (TPSA) is 89.0 Å². The second kappa shape index (κ2) is 6.99. The molecular formula is C20H17N4O3S+. The number of aryl methyl sites for hydroxylation is 1. The Kier molecular flexibility index (Phi) is 4.50. The van der Waals surface area contributed by atoms with Crippen molar-refractivity contribution in [1.29, 1.82) is 0 Å². The van der Waals surface area contributed by atoms with Crippen molar-refractivity contribution in [2.24, 2.45) is 0 Å². The molecule has 1 heterocycles. The van der Waals surface area contributed by atoms with Gasteiger partial charge >= 0.3 is 5.82 Å². The molecule has 0 atom stereocenters. The fourth-order valence-corrected chi connectivity index (χ4v) is 3.53. The second-order valence-corrected chi connectivity index (χ2v) is 7.63. The number of rotatable bonds is 4. The van der Waals surface area contributed by atoms with Crippen LogP contribution in [0.1, 0.15) is 5.56 Å². The molecule has 4 aromatic rings. The largest absolute Gasteiger partial charge is 0.341 e.